The standard InChI is InChI=1S/C16H12Cl4FN3O/c17-11-12(18)14(23-15(20)13(11)19)16(25)22-9-5-8(21)6-10(7-9)24-3-1-2-4-24/h5-7H,1-4H2,(H,22,25). The van der Waals surface area contributed by atoms with E-state index in [1.807, 2.05) is 0 Å². The highest BCUT2D eigenvalue weighted by atomic mass is 35.5. The molecule has 0 radical (unpaired) electrons. The first-order valence-electron chi connectivity index (χ1n) is 7.43. The van der Waals surface area contributed by atoms with Crippen LogP contribution in [0.5, 0.6) is 0 Å². The fraction of sp³-hybridized carbons (Fsp3) is 0.250. The molecule has 25 heavy (non-hydrogen) atoms. The Hall–Kier alpha value is -1.27. The van der Waals surface area contributed by atoms with Gasteiger partial charge in [-0.1, -0.05) is 46.4 Å². The van der Waals surface area contributed by atoms with Gasteiger partial charge in [0.25, 0.3) is 5.91 Å². The Morgan fingerprint density at radius 3 is 2.40 bits per heavy atom. The number of carbonyl (C=O) groups excluding carboxylic acids is 1. The van der Waals surface area contributed by atoms with Crippen molar-refractivity contribution in [1.29, 1.82) is 0 Å². The quantitative estimate of drug-likeness (QED) is 0.646. The van der Waals surface area contributed by atoms with Crippen molar-refractivity contribution in [3.8, 4) is 0 Å². The summed E-state index contributed by atoms with van der Waals surface area (Å²) in [5.41, 5.74) is 0.805. The normalized spacial score (nSPS) is 14.0. The number of benzene rings is 1. The number of rotatable bonds is 3. The largest absolute Gasteiger partial charge is 0.371 e. The molecule has 0 saturated carbocycles. The number of nitrogens with zero attached hydrogens (tertiary/aromatic N) is 2. The first-order chi connectivity index (χ1) is 11.9. The lowest BCUT2D eigenvalue weighted by Crippen LogP contribution is -2.19. The van der Waals surface area contributed by atoms with Gasteiger partial charge in [0, 0.05) is 24.5 Å². The van der Waals surface area contributed by atoms with Crippen LogP contribution in [0.25, 0.3) is 0 Å². The van der Waals surface area contributed by atoms with Crippen LogP contribution in [0.3, 0.4) is 0 Å². The number of hydrogen-bond acceptors (Lipinski definition) is 3. The van der Waals surface area contributed by atoms with Gasteiger partial charge in [-0.15, -0.1) is 0 Å². The van der Waals surface area contributed by atoms with Gasteiger partial charge >= 0.3 is 0 Å². The molecular formula is C16H12Cl4FN3O. The number of halogens is 5. The van der Waals surface area contributed by atoms with Crippen LogP contribution in [0.4, 0.5) is 15.8 Å². The second-order valence-electron chi connectivity index (χ2n) is 5.54. The molecule has 1 aromatic carbocycles. The van der Waals surface area contributed by atoms with Crippen molar-refractivity contribution in [3.05, 3.63) is 49.9 Å². The number of hydrogen-bond donors (Lipinski definition) is 1. The molecule has 0 aliphatic carbocycles. The summed E-state index contributed by atoms with van der Waals surface area (Å²) in [6.07, 6.45) is 2.11. The minimum atomic E-state index is -0.663. The van der Waals surface area contributed by atoms with E-state index in [4.69, 9.17) is 46.4 Å². The molecule has 4 nitrogen and oxygen atoms in total. The zero-order chi connectivity index (χ0) is 18.1. The molecule has 1 saturated heterocycles. The predicted octanol–water partition coefficient (Wildman–Crippen LogP) is 5.69. The van der Waals surface area contributed by atoms with E-state index in [2.05, 4.69) is 15.2 Å². The van der Waals surface area contributed by atoms with E-state index in [-0.39, 0.29) is 31.6 Å². The molecule has 0 spiro atoms. The zero-order valence-electron chi connectivity index (χ0n) is 12.8. The van der Waals surface area contributed by atoms with Crippen molar-refractivity contribution in [3.63, 3.8) is 0 Å². The number of carbonyl (C=O) groups is 1. The smallest absolute Gasteiger partial charge is 0.275 e. The lowest BCUT2D eigenvalue weighted by molar-refractivity contribution is 0.102. The van der Waals surface area contributed by atoms with Gasteiger partial charge < -0.3 is 10.2 Å². The van der Waals surface area contributed by atoms with Crippen LogP contribution in [0.15, 0.2) is 18.2 Å². The number of pyridine rings is 1. The summed E-state index contributed by atoms with van der Waals surface area (Å²) in [5.74, 6) is -1.12. The van der Waals surface area contributed by atoms with Crippen LogP contribution < -0.4 is 10.2 Å². The molecule has 132 valence electrons. The van der Waals surface area contributed by atoms with Crippen molar-refractivity contribution < 1.29 is 9.18 Å². The summed E-state index contributed by atoms with van der Waals surface area (Å²) in [5, 5.41) is 2.20. The van der Waals surface area contributed by atoms with Gasteiger partial charge in [-0.2, -0.15) is 0 Å². The number of nitrogens with one attached hydrogen (secondary N) is 1. The van der Waals surface area contributed by atoms with Crippen molar-refractivity contribution in [2.45, 2.75) is 12.8 Å². The molecule has 1 aromatic heterocycles. The summed E-state index contributed by atoms with van der Waals surface area (Å²) in [7, 11) is 0. The Bertz CT molecular complexity index is 841. The highest BCUT2D eigenvalue weighted by molar-refractivity contribution is 6.52. The van der Waals surface area contributed by atoms with Gasteiger partial charge in [-0.25, -0.2) is 9.37 Å². The van der Waals surface area contributed by atoms with E-state index in [9.17, 15) is 9.18 Å². The van der Waals surface area contributed by atoms with Crippen LogP contribution in [0, 0.1) is 5.82 Å². The van der Waals surface area contributed by atoms with Crippen LogP contribution in [0.2, 0.25) is 20.2 Å². The number of aromatic nitrogens is 1. The fourth-order valence-electron chi connectivity index (χ4n) is 2.63. The van der Waals surface area contributed by atoms with Crippen molar-refractivity contribution in [2.75, 3.05) is 23.3 Å². The fourth-order valence-corrected chi connectivity index (χ4v) is 3.45. The highest BCUT2D eigenvalue weighted by Gasteiger charge is 2.21. The topological polar surface area (TPSA) is 45.2 Å². The van der Waals surface area contributed by atoms with E-state index in [1.165, 1.54) is 12.1 Å². The summed E-state index contributed by atoms with van der Waals surface area (Å²) < 4.78 is 13.9. The van der Waals surface area contributed by atoms with Gasteiger partial charge in [0.1, 0.15) is 16.7 Å². The van der Waals surface area contributed by atoms with Crippen LogP contribution in [0.1, 0.15) is 23.3 Å². The minimum absolute atomic E-state index is 0.0352. The first-order valence-corrected chi connectivity index (χ1v) is 8.95. The van der Waals surface area contributed by atoms with Gasteiger partial charge in [0.2, 0.25) is 0 Å². The van der Waals surface area contributed by atoms with E-state index in [0.717, 1.165) is 25.9 Å². The summed E-state index contributed by atoms with van der Waals surface area (Å²) in [6, 6.07) is 4.34. The van der Waals surface area contributed by atoms with Crippen molar-refractivity contribution >= 4 is 63.7 Å². The lowest BCUT2D eigenvalue weighted by atomic mass is 10.2. The molecule has 0 bridgehead atoms. The second kappa shape index (κ2) is 7.54. The molecule has 1 N–H and O–H groups in total. The molecular weight excluding hydrogens is 411 g/mol. The number of anilines is 2. The van der Waals surface area contributed by atoms with E-state index < -0.39 is 11.7 Å². The molecule has 2 aromatic rings. The van der Waals surface area contributed by atoms with E-state index in [0.29, 0.717) is 5.69 Å². The van der Waals surface area contributed by atoms with Crippen LogP contribution in [-0.4, -0.2) is 24.0 Å². The number of amides is 1. The van der Waals surface area contributed by atoms with E-state index >= 15 is 0 Å². The summed E-state index contributed by atoms with van der Waals surface area (Å²) in [4.78, 5) is 18.3. The van der Waals surface area contributed by atoms with E-state index in [1.54, 1.807) is 6.07 Å². The minimum Gasteiger partial charge on any atom is -0.371 e. The molecule has 0 unspecified atom stereocenters. The van der Waals surface area contributed by atoms with Gasteiger partial charge in [-0.3, -0.25) is 4.79 Å². The molecule has 3 rings (SSSR count). The highest BCUT2D eigenvalue weighted by Crippen LogP contribution is 2.36. The molecule has 2 heterocycles. The summed E-state index contributed by atoms with van der Waals surface area (Å²) in [6.45, 7) is 1.71. The first kappa shape index (κ1) is 18.5. The predicted molar refractivity (Wildman–Crippen MR) is 100 cm³/mol. The maximum absolute atomic E-state index is 13.9. The van der Waals surface area contributed by atoms with Crippen molar-refractivity contribution in [1.82, 2.24) is 4.98 Å². The van der Waals surface area contributed by atoms with Crippen molar-refractivity contribution in [2.24, 2.45) is 0 Å². The third kappa shape index (κ3) is 3.95. The third-order valence-corrected chi connectivity index (χ3v) is 5.49. The van der Waals surface area contributed by atoms with Gasteiger partial charge in [-0.05, 0) is 31.0 Å². The Labute approximate surface area is 163 Å². The molecule has 1 aliphatic rings. The van der Waals surface area contributed by atoms with Gasteiger partial charge in [0.05, 0.1) is 15.1 Å². The lowest BCUT2D eigenvalue weighted by Gasteiger charge is -2.19. The average Bonchev–Trinajstić information content (AvgIpc) is 3.10. The molecule has 1 aliphatic heterocycles. The zero-order valence-corrected chi connectivity index (χ0v) is 15.8. The van der Waals surface area contributed by atoms with Crippen LogP contribution >= 0.6 is 46.4 Å². The Kier molecular flexibility index (Phi) is 5.58. The molecule has 1 fully saturated rings. The Morgan fingerprint density at radius 2 is 1.72 bits per heavy atom. The molecule has 0 atom stereocenters. The molecule has 1 amide bonds. The van der Waals surface area contributed by atoms with Crippen LogP contribution in [-0.2, 0) is 0 Å². The monoisotopic (exact) mass is 421 g/mol. The second-order valence-corrected chi connectivity index (χ2v) is 7.03. The Morgan fingerprint density at radius 1 is 1.04 bits per heavy atom. The SMILES string of the molecule is O=C(Nc1cc(F)cc(N2CCCC2)c1)c1nc(Cl)c(Cl)c(Cl)c1Cl. The Balaban J connectivity index is 1.89. The molecule has 9 heteroatoms. The third-order valence-electron chi connectivity index (χ3n) is 3.81. The maximum Gasteiger partial charge on any atom is 0.275 e. The average molecular weight is 423 g/mol. The maximum atomic E-state index is 13.9. The summed E-state index contributed by atoms with van der Waals surface area (Å²) >= 11 is 23.6. The van der Waals surface area contributed by atoms with Gasteiger partial charge in [0.15, 0.2) is 0 Å².